The summed E-state index contributed by atoms with van der Waals surface area (Å²) in [5.74, 6) is 0. The topological polar surface area (TPSA) is 38.5 Å². The number of likely N-dealkylation sites (N-methyl/N-ethyl adjacent to an activating group) is 1. The molecule has 1 fully saturated rings. The summed E-state index contributed by atoms with van der Waals surface area (Å²) >= 11 is 0. The van der Waals surface area contributed by atoms with Gasteiger partial charge in [0.25, 0.3) is 0 Å². The quantitative estimate of drug-likeness (QED) is 0.655. The molecule has 3 heteroatoms. The first kappa shape index (κ1) is 12.0. The van der Waals surface area contributed by atoms with Crippen LogP contribution in [0.1, 0.15) is 32.6 Å². The summed E-state index contributed by atoms with van der Waals surface area (Å²) in [5, 5.41) is 0. The van der Waals surface area contributed by atoms with Crippen molar-refractivity contribution in [2.75, 3.05) is 33.4 Å². The molecule has 0 bridgehead atoms. The van der Waals surface area contributed by atoms with Crippen molar-refractivity contribution in [3.05, 3.63) is 0 Å². The van der Waals surface area contributed by atoms with Gasteiger partial charge in [-0.1, -0.05) is 12.8 Å². The number of hydrogen-bond donors (Lipinski definition) is 1. The Morgan fingerprint density at radius 1 is 1.36 bits per heavy atom. The lowest BCUT2D eigenvalue weighted by molar-refractivity contribution is 0.0705. The molecule has 0 aromatic heterocycles. The van der Waals surface area contributed by atoms with Crippen molar-refractivity contribution < 1.29 is 4.74 Å². The zero-order valence-corrected chi connectivity index (χ0v) is 9.59. The third-order valence-electron chi connectivity index (χ3n) is 3.50. The van der Waals surface area contributed by atoms with Crippen LogP contribution >= 0.6 is 0 Å². The Morgan fingerprint density at radius 2 is 2.00 bits per heavy atom. The Morgan fingerprint density at radius 3 is 2.50 bits per heavy atom. The van der Waals surface area contributed by atoms with Gasteiger partial charge in [-0.25, -0.2) is 0 Å². The fourth-order valence-electron chi connectivity index (χ4n) is 2.36. The van der Waals surface area contributed by atoms with Gasteiger partial charge in [-0.2, -0.15) is 0 Å². The van der Waals surface area contributed by atoms with E-state index < -0.39 is 0 Å². The normalized spacial score (nSPS) is 20.6. The lowest BCUT2D eigenvalue weighted by Crippen LogP contribution is -2.51. The maximum absolute atomic E-state index is 5.89. The Bertz CT molecular complexity index is 155. The van der Waals surface area contributed by atoms with Crippen LogP contribution in [0.15, 0.2) is 0 Å². The number of nitrogens with two attached hydrogens (primary N) is 1. The third-order valence-corrected chi connectivity index (χ3v) is 3.50. The molecule has 0 radical (unpaired) electrons. The molecular formula is C11H24N2O. The predicted octanol–water partition coefficient (Wildman–Crippen LogP) is 1.23. The molecule has 0 heterocycles. The molecule has 1 aliphatic carbocycles. The molecule has 2 N–H and O–H groups in total. The number of rotatable bonds is 6. The molecular weight excluding hydrogens is 176 g/mol. The van der Waals surface area contributed by atoms with E-state index in [4.69, 9.17) is 10.5 Å². The summed E-state index contributed by atoms with van der Waals surface area (Å²) in [7, 11) is 2.18. The fraction of sp³-hybridized carbons (Fsp3) is 1.00. The zero-order valence-electron chi connectivity index (χ0n) is 9.59. The highest BCUT2D eigenvalue weighted by atomic mass is 16.5. The molecule has 84 valence electrons. The van der Waals surface area contributed by atoms with Gasteiger partial charge in [0.1, 0.15) is 0 Å². The van der Waals surface area contributed by atoms with Gasteiger partial charge >= 0.3 is 0 Å². The van der Waals surface area contributed by atoms with E-state index in [9.17, 15) is 0 Å². The number of nitrogens with zero attached hydrogens (tertiary/aromatic N) is 1. The van der Waals surface area contributed by atoms with Crippen LogP contribution in [0.4, 0.5) is 0 Å². The molecule has 0 aromatic rings. The SMILES string of the molecule is CCOCCN(C)C1(CN)CCCC1. The van der Waals surface area contributed by atoms with E-state index in [2.05, 4.69) is 11.9 Å². The van der Waals surface area contributed by atoms with Gasteiger partial charge < -0.3 is 10.5 Å². The van der Waals surface area contributed by atoms with Crippen LogP contribution in [0.2, 0.25) is 0 Å². The van der Waals surface area contributed by atoms with Crippen molar-refractivity contribution in [1.29, 1.82) is 0 Å². The summed E-state index contributed by atoms with van der Waals surface area (Å²) < 4.78 is 5.37. The van der Waals surface area contributed by atoms with Crippen LogP contribution in [-0.4, -0.2) is 43.8 Å². The van der Waals surface area contributed by atoms with Crippen LogP contribution in [0, 0.1) is 0 Å². The first-order valence-electron chi connectivity index (χ1n) is 5.74. The van der Waals surface area contributed by atoms with Gasteiger partial charge in [0.2, 0.25) is 0 Å². The second kappa shape index (κ2) is 5.69. The second-order valence-corrected chi connectivity index (χ2v) is 4.25. The van der Waals surface area contributed by atoms with Crippen molar-refractivity contribution >= 4 is 0 Å². The maximum Gasteiger partial charge on any atom is 0.0593 e. The van der Waals surface area contributed by atoms with Crippen LogP contribution in [-0.2, 0) is 4.74 Å². The van der Waals surface area contributed by atoms with Gasteiger partial charge in [0.05, 0.1) is 6.61 Å². The van der Waals surface area contributed by atoms with Gasteiger partial charge in [-0.3, -0.25) is 4.90 Å². The second-order valence-electron chi connectivity index (χ2n) is 4.25. The molecule has 0 unspecified atom stereocenters. The highest BCUT2D eigenvalue weighted by Crippen LogP contribution is 2.33. The molecule has 0 saturated heterocycles. The molecule has 0 atom stereocenters. The molecule has 14 heavy (non-hydrogen) atoms. The van der Waals surface area contributed by atoms with E-state index >= 15 is 0 Å². The summed E-state index contributed by atoms with van der Waals surface area (Å²) in [6.45, 7) is 5.47. The molecule has 0 spiro atoms. The van der Waals surface area contributed by atoms with E-state index in [1.54, 1.807) is 0 Å². The maximum atomic E-state index is 5.89. The van der Waals surface area contributed by atoms with E-state index in [0.29, 0.717) is 0 Å². The lowest BCUT2D eigenvalue weighted by Gasteiger charge is -2.37. The zero-order chi connectivity index (χ0) is 10.4. The molecule has 1 saturated carbocycles. The summed E-state index contributed by atoms with van der Waals surface area (Å²) in [6.07, 6.45) is 5.17. The molecule has 1 aliphatic rings. The molecule has 0 aromatic carbocycles. The fourth-order valence-corrected chi connectivity index (χ4v) is 2.36. The number of hydrogen-bond acceptors (Lipinski definition) is 3. The number of ether oxygens (including phenoxy) is 1. The average molecular weight is 200 g/mol. The summed E-state index contributed by atoms with van der Waals surface area (Å²) in [5.41, 5.74) is 6.17. The minimum absolute atomic E-state index is 0.275. The minimum atomic E-state index is 0.275. The Hall–Kier alpha value is -0.120. The van der Waals surface area contributed by atoms with Crippen molar-refractivity contribution in [3.63, 3.8) is 0 Å². The molecule has 0 aliphatic heterocycles. The third kappa shape index (κ3) is 2.69. The highest BCUT2D eigenvalue weighted by Gasteiger charge is 2.35. The Balaban J connectivity index is 2.35. The van der Waals surface area contributed by atoms with Crippen molar-refractivity contribution in [3.8, 4) is 0 Å². The first-order chi connectivity index (χ1) is 6.75. The predicted molar refractivity (Wildman–Crippen MR) is 59.4 cm³/mol. The smallest absolute Gasteiger partial charge is 0.0593 e. The van der Waals surface area contributed by atoms with Gasteiger partial charge in [-0.15, -0.1) is 0 Å². The molecule has 1 rings (SSSR count). The van der Waals surface area contributed by atoms with Crippen molar-refractivity contribution in [1.82, 2.24) is 4.90 Å². The standard InChI is InChI=1S/C11H24N2O/c1-3-14-9-8-13(2)11(10-12)6-4-5-7-11/h3-10,12H2,1-2H3. The van der Waals surface area contributed by atoms with Gasteiger partial charge in [0, 0.05) is 25.2 Å². The van der Waals surface area contributed by atoms with Crippen LogP contribution in [0.3, 0.4) is 0 Å². The van der Waals surface area contributed by atoms with Crippen LogP contribution < -0.4 is 5.73 Å². The van der Waals surface area contributed by atoms with Gasteiger partial charge in [0.15, 0.2) is 0 Å². The molecule has 3 nitrogen and oxygen atoms in total. The van der Waals surface area contributed by atoms with E-state index in [-0.39, 0.29) is 5.54 Å². The van der Waals surface area contributed by atoms with E-state index in [1.165, 1.54) is 25.7 Å². The largest absolute Gasteiger partial charge is 0.380 e. The first-order valence-corrected chi connectivity index (χ1v) is 5.74. The van der Waals surface area contributed by atoms with Crippen LogP contribution in [0.5, 0.6) is 0 Å². The highest BCUT2D eigenvalue weighted by molar-refractivity contribution is 4.94. The Labute approximate surface area is 87.6 Å². The van der Waals surface area contributed by atoms with E-state index in [0.717, 1.165) is 26.3 Å². The van der Waals surface area contributed by atoms with Crippen LogP contribution in [0.25, 0.3) is 0 Å². The summed E-state index contributed by atoms with van der Waals surface area (Å²) in [4.78, 5) is 2.40. The van der Waals surface area contributed by atoms with E-state index in [1.807, 2.05) is 6.92 Å². The van der Waals surface area contributed by atoms with Gasteiger partial charge in [-0.05, 0) is 26.8 Å². The van der Waals surface area contributed by atoms with Crippen molar-refractivity contribution in [2.45, 2.75) is 38.1 Å². The average Bonchev–Trinajstić information content (AvgIpc) is 2.67. The lowest BCUT2D eigenvalue weighted by atomic mass is 9.96. The minimum Gasteiger partial charge on any atom is -0.380 e. The Kier molecular flexibility index (Phi) is 4.85. The van der Waals surface area contributed by atoms with Crippen molar-refractivity contribution in [2.24, 2.45) is 5.73 Å². The molecule has 0 amide bonds. The summed E-state index contributed by atoms with van der Waals surface area (Å²) in [6, 6.07) is 0. The monoisotopic (exact) mass is 200 g/mol.